The van der Waals surface area contributed by atoms with E-state index in [0.717, 1.165) is 31.9 Å². The summed E-state index contributed by atoms with van der Waals surface area (Å²) in [5, 5.41) is 12.1. The van der Waals surface area contributed by atoms with E-state index in [1.54, 1.807) is 12.1 Å². The van der Waals surface area contributed by atoms with Gasteiger partial charge in [-0.25, -0.2) is 9.38 Å². The number of guanidine groups is 1. The third-order valence-electron chi connectivity index (χ3n) is 5.38. The van der Waals surface area contributed by atoms with Crippen LogP contribution < -0.4 is 5.32 Å². The number of carbonyl (C=O) groups is 1. The van der Waals surface area contributed by atoms with E-state index >= 15 is 0 Å². The summed E-state index contributed by atoms with van der Waals surface area (Å²) in [4.78, 5) is 21.3. The summed E-state index contributed by atoms with van der Waals surface area (Å²) >= 11 is 0. The number of rotatable bonds is 4. The smallest absolute Gasteiger partial charge is 0.225 e. The maximum Gasteiger partial charge on any atom is 0.225 e. The van der Waals surface area contributed by atoms with Gasteiger partial charge in [-0.1, -0.05) is 6.07 Å². The number of benzene rings is 1. The molecular formula is C21H28FN5O2. The number of aliphatic imine (C=N–C) groups is 1. The summed E-state index contributed by atoms with van der Waals surface area (Å²) in [5.41, 5.74) is 0.755. The molecule has 1 aromatic carbocycles. The van der Waals surface area contributed by atoms with E-state index in [9.17, 15) is 9.18 Å². The quantitative estimate of drug-likeness (QED) is 0.614. The molecule has 0 unspecified atom stereocenters. The second-order valence-corrected chi connectivity index (χ2v) is 7.29. The number of hydrogen-bond acceptors (Lipinski definition) is 4. The van der Waals surface area contributed by atoms with Gasteiger partial charge in [-0.05, 0) is 31.9 Å². The Balaban J connectivity index is 1.59. The van der Waals surface area contributed by atoms with Gasteiger partial charge in [0.1, 0.15) is 5.82 Å². The van der Waals surface area contributed by atoms with Crippen molar-refractivity contribution in [3.05, 3.63) is 35.1 Å². The Kier molecular flexibility index (Phi) is 7.42. The van der Waals surface area contributed by atoms with Crippen molar-refractivity contribution in [3.63, 3.8) is 0 Å². The van der Waals surface area contributed by atoms with Gasteiger partial charge in [0.05, 0.1) is 31.4 Å². The maximum atomic E-state index is 14.1. The summed E-state index contributed by atoms with van der Waals surface area (Å²) in [5.74, 6) is 0.588. The second-order valence-electron chi connectivity index (χ2n) is 7.29. The lowest BCUT2D eigenvalue weighted by Gasteiger charge is -2.36. The first-order valence-corrected chi connectivity index (χ1v) is 10.2. The number of likely N-dealkylation sites (tertiary alicyclic amines) is 1. The van der Waals surface area contributed by atoms with Crippen molar-refractivity contribution in [2.75, 3.05) is 45.9 Å². The zero-order valence-electron chi connectivity index (χ0n) is 16.9. The third-order valence-corrected chi connectivity index (χ3v) is 5.38. The van der Waals surface area contributed by atoms with Gasteiger partial charge in [-0.2, -0.15) is 5.26 Å². The molecule has 1 amide bonds. The number of hydrogen-bond donors (Lipinski definition) is 1. The number of piperidine rings is 1. The van der Waals surface area contributed by atoms with Gasteiger partial charge >= 0.3 is 0 Å². The predicted molar refractivity (Wildman–Crippen MR) is 108 cm³/mol. The molecule has 1 aromatic rings. The van der Waals surface area contributed by atoms with Crippen molar-refractivity contribution in [1.29, 1.82) is 5.26 Å². The van der Waals surface area contributed by atoms with Crippen LogP contribution in [0.5, 0.6) is 0 Å². The molecule has 7 nitrogen and oxygen atoms in total. The van der Waals surface area contributed by atoms with Crippen molar-refractivity contribution >= 4 is 11.9 Å². The number of amides is 1. The van der Waals surface area contributed by atoms with E-state index < -0.39 is 5.82 Å². The highest BCUT2D eigenvalue weighted by molar-refractivity contribution is 5.82. The molecule has 2 heterocycles. The van der Waals surface area contributed by atoms with Gasteiger partial charge < -0.3 is 19.9 Å². The monoisotopic (exact) mass is 401 g/mol. The molecule has 0 atom stereocenters. The minimum atomic E-state index is -0.418. The molecule has 0 saturated carbocycles. The highest BCUT2D eigenvalue weighted by atomic mass is 19.1. The lowest BCUT2D eigenvalue weighted by molar-refractivity contribution is -0.140. The number of nitriles is 1. The fourth-order valence-electron chi connectivity index (χ4n) is 3.71. The molecule has 2 fully saturated rings. The number of halogens is 1. The molecule has 0 aromatic heterocycles. The molecule has 1 N–H and O–H groups in total. The predicted octanol–water partition coefficient (Wildman–Crippen LogP) is 1.73. The van der Waals surface area contributed by atoms with E-state index in [4.69, 9.17) is 10.00 Å². The zero-order chi connectivity index (χ0) is 20.6. The lowest BCUT2D eigenvalue weighted by Crippen LogP contribution is -2.50. The van der Waals surface area contributed by atoms with Crippen molar-refractivity contribution in [3.8, 4) is 6.07 Å². The topological polar surface area (TPSA) is 81.0 Å². The molecule has 2 aliphatic rings. The molecule has 2 aliphatic heterocycles. The Hall–Kier alpha value is -2.66. The molecule has 8 heteroatoms. The molecule has 0 spiro atoms. The first kappa shape index (κ1) is 21.1. The normalized spacial score (nSPS) is 18.4. The van der Waals surface area contributed by atoms with E-state index in [1.165, 1.54) is 6.07 Å². The largest absolute Gasteiger partial charge is 0.378 e. The van der Waals surface area contributed by atoms with Crippen molar-refractivity contribution < 1.29 is 13.9 Å². The zero-order valence-corrected chi connectivity index (χ0v) is 16.9. The summed E-state index contributed by atoms with van der Waals surface area (Å²) in [6.45, 7) is 6.98. The van der Waals surface area contributed by atoms with Gasteiger partial charge in [0.15, 0.2) is 5.96 Å². The van der Waals surface area contributed by atoms with Crippen LogP contribution in [0.4, 0.5) is 4.39 Å². The molecule has 0 aliphatic carbocycles. The Bertz CT molecular complexity index is 778. The van der Waals surface area contributed by atoms with Gasteiger partial charge in [-0.15, -0.1) is 0 Å². The Morgan fingerprint density at radius 1 is 1.28 bits per heavy atom. The van der Waals surface area contributed by atoms with Crippen LogP contribution in [0.2, 0.25) is 0 Å². The van der Waals surface area contributed by atoms with Crippen LogP contribution in [0.15, 0.2) is 23.2 Å². The van der Waals surface area contributed by atoms with Crippen LogP contribution in [0.25, 0.3) is 0 Å². The number of carbonyl (C=O) groups excluding carboxylic acids is 1. The van der Waals surface area contributed by atoms with Crippen molar-refractivity contribution in [2.24, 2.45) is 10.9 Å². The highest BCUT2D eigenvalue weighted by Crippen LogP contribution is 2.21. The number of nitrogens with one attached hydrogen (secondary N) is 1. The van der Waals surface area contributed by atoms with Gasteiger partial charge in [-0.3, -0.25) is 4.79 Å². The SMILES string of the molecule is CCNC(=NCc1ccc(C#N)cc1F)N1CCC(C(=O)N2CCOCC2)CC1. The lowest BCUT2D eigenvalue weighted by atomic mass is 9.95. The standard InChI is InChI=1S/C21H28FN5O2/c1-2-24-21(25-15-18-4-3-16(14-23)13-19(18)22)27-7-5-17(6-8-27)20(28)26-9-11-29-12-10-26/h3-4,13,17H,2,5-12,15H2,1H3,(H,24,25). The van der Waals surface area contributed by atoms with Gasteiger partial charge in [0, 0.05) is 44.2 Å². The average Bonchev–Trinajstić information content (AvgIpc) is 2.77. The first-order chi connectivity index (χ1) is 14.1. The van der Waals surface area contributed by atoms with Crippen LogP contribution in [0.1, 0.15) is 30.9 Å². The van der Waals surface area contributed by atoms with E-state index in [1.807, 2.05) is 17.9 Å². The summed E-state index contributed by atoms with van der Waals surface area (Å²) in [7, 11) is 0. The van der Waals surface area contributed by atoms with Gasteiger partial charge in [0.2, 0.25) is 5.91 Å². The molecule has 156 valence electrons. The van der Waals surface area contributed by atoms with Gasteiger partial charge in [0.25, 0.3) is 0 Å². The molecule has 0 bridgehead atoms. The average molecular weight is 401 g/mol. The van der Waals surface area contributed by atoms with E-state index in [2.05, 4.69) is 15.2 Å². The number of ether oxygens (including phenoxy) is 1. The molecule has 0 radical (unpaired) electrons. The third kappa shape index (κ3) is 5.45. The summed E-state index contributed by atoms with van der Waals surface area (Å²) in [6, 6.07) is 6.38. The van der Waals surface area contributed by atoms with E-state index in [0.29, 0.717) is 44.0 Å². The van der Waals surface area contributed by atoms with E-state index in [-0.39, 0.29) is 18.4 Å². The second kappa shape index (κ2) is 10.2. The molecule has 2 saturated heterocycles. The summed E-state index contributed by atoms with van der Waals surface area (Å²) in [6.07, 6.45) is 1.57. The number of nitrogens with zero attached hydrogens (tertiary/aromatic N) is 4. The fourth-order valence-corrected chi connectivity index (χ4v) is 3.71. The molecule has 29 heavy (non-hydrogen) atoms. The Morgan fingerprint density at radius 2 is 2.00 bits per heavy atom. The molecule has 3 rings (SSSR count). The minimum Gasteiger partial charge on any atom is -0.378 e. The summed E-state index contributed by atoms with van der Waals surface area (Å²) < 4.78 is 19.5. The van der Waals surface area contributed by atoms with Crippen LogP contribution >= 0.6 is 0 Å². The highest BCUT2D eigenvalue weighted by Gasteiger charge is 2.30. The fraction of sp³-hybridized carbons (Fsp3) is 0.571. The van der Waals surface area contributed by atoms with Crippen LogP contribution in [0, 0.1) is 23.1 Å². The number of morpholine rings is 1. The maximum absolute atomic E-state index is 14.1. The Labute approximate surface area is 171 Å². The van der Waals surface area contributed by atoms with Crippen LogP contribution in [-0.2, 0) is 16.1 Å². The van der Waals surface area contributed by atoms with Crippen LogP contribution in [0.3, 0.4) is 0 Å². The first-order valence-electron chi connectivity index (χ1n) is 10.2. The van der Waals surface area contributed by atoms with Crippen molar-refractivity contribution in [2.45, 2.75) is 26.3 Å². The molecular weight excluding hydrogens is 373 g/mol. The van der Waals surface area contributed by atoms with Crippen molar-refractivity contribution in [1.82, 2.24) is 15.1 Å². The Morgan fingerprint density at radius 3 is 2.62 bits per heavy atom. The van der Waals surface area contributed by atoms with Crippen LogP contribution in [-0.4, -0.2) is 67.6 Å². The minimum absolute atomic E-state index is 0.0446.